The number of rotatable bonds is 6. The van der Waals surface area contributed by atoms with Gasteiger partial charge in [0.05, 0.1) is 0 Å². The molecule has 4 N–H and O–H groups in total. The third-order valence-corrected chi connectivity index (χ3v) is 9.58. The van der Waals surface area contributed by atoms with Crippen molar-refractivity contribution in [3.8, 4) is 0 Å². The van der Waals surface area contributed by atoms with Crippen molar-refractivity contribution in [1.29, 1.82) is 0 Å². The largest absolute Gasteiger partial charge is 1.00 e. The molecule has 0 fully saturated rings. The van der Waals surface area contributed by atoms with E-state index in [1.165, 1.54) is 36.4 Å². The standard InChI is InChI=1S/C21H16O12S4.2Na.2H/c22-34(23,24)18-14(9-12-5-1-3-7-16(12)20(18)36(28,29)30)11-15-10-13-6-2-4-8-17(13)21(37(31,32)33)19(15)35(25,26)27;;;;/h1-10H,11H2,(H,22,23,24)(H,25,26,27)(H,28,29,30)(H,31,32,33);;;;/q;2*+1;2*-1. The fourth-order valence-electron chi connectivity index (χ4n) is 4.25. The maximum absolute atomic E-state index is 12.4. The van der Waals surface area contributed by atoms with E-state index in [0.717, 1.165) is 24.3 Å². The van der Waals surface area contributed by atoms with E-state index in [9.17, 15) is 51.9 Å². The topological polar surface area (TPSA) is 217 Å². The summed E-state index contributed by atoms with van der Waals surface area (Å²) in [6.07, 6.45) is -0.884. The Bertz CT molecular complexity index is 1920. The Labute approximate surface area is 271 Å². The summed E-state index contributed by atoms with van der Waals surface area (Å²) in [7, 11) is -21.4. The zero-order valence-corrected chi connectivity index (χ0v) is 27.4. The third-order valence-electron chi connectivity index (χ3n) is 5.48. The van der Waals surface area contributed by atoms with Crippen LogP contribution in [0.3, 0.4) is 0 Å². The average molecular weight is 637 g/mol. The Kier molecular flexibility index (Phi) is 10.3. The molecule has 4 aromatic rings. The van der Waals surface area contributed by atoms with Crippen molar-refractivity contribution in [3.05, 3.63) is 71.8 Å². The minimum Gasteiger partial charge on any atom is -1.00 e. The van der Waals surface area contributed by atoms with Crippen LogP contribution in [0.25, 0.3) is 21.5 Å². The number of benzene rings is 4. The molecule has 18 heteroatoms. The van der Waals surface area contributed by atoms with Crippen LogP contribution in [0, 0.1) is 0 Å². The van der Waals surface area contributed by atoms with Gasteiger partial charge in [0.2, 0.25) is 0 Å². The summed E-state index contributed by atoms with van der Waals surface area (Å²) in [6, 6.07) is 12.7. The maximum atomic E-state index is 12.4. The molecule has 0 heterocycles. The van der Waals surface area contributed by atoms with Crippen molar-refractivity contribution in [2.75, 3.05) is 0 Å². The van der Waals surface area contributed by atoms with Crippen molar-refractivity contribution in [2.24, 2.45) is 0 Å². The summed E-state index contributed by atoms with van der Waals surface area (Å²) in [5, 5.41) is -0.453. The summed E-state index contributed by atoms with van der Waals surface area (Å²) in [6.45, 7) is 0. The molecule has 200 valence electrons. The van der Waals surface area contributed by atoms with E-state index >= 15 is 0 Å². The summed E-state index contributed by atoms with van der Waals surface area (Å²) in [5.74, 6) is 0. The molecule has 4 rings (SSSR count). The van der Waals surface area contributed by atoms with Gasteiger partial charge in [-0.05, 0) is 34.0 Å². The second-order valence-corrected chi connectivity index (χ2v) is 13.3. The number of hydrogen-bond acceptors (Lipinski definition) is 8. The average Bonchev–Trinajstić information content (AvgIpc) is 2.74. The molecule has 0 aliphatic heterocycles. The van der Waals surface area contributed by atoms with E-state index in [1.54, 1.807) is 0 Å². The van der Waals surface area contributed by atoms with E-state index in [4.69, 9.17) is 0 Å². The van der Waals surface area contributed by atoms with Gasteiger partial charge >= 0.3 is 59.1 Å². The third kappa shape index (κ3) is 6.92. The van der Waals surface area contributed by atoms with E-state index in [0.29, 0.717) is 0 Å². The van der Waals surface area contributed by atoms with Gasteiger partial charge in [-0.25, -0.2) is 0 Å². The van der Waals surface area contributed by atoms with Crippen LogP contribution in [0.2, 0.25) is 0 Å². The first-order valence-corrected chi connectivity index (χ1v) is 15.7. The zero-order chi connectivity index (χ0) is 27.6. The molecule has 4 aromatic carbocycles. The quantitative estimate of drug-likeness (QED) is 0.122. The van der Waals surface area contributed by atoms with Crippen LogP contribution in [-0.4, -0.2) is 51.9 Å². The monoisotopic (exact) mass is 636 g/mol. The van der Waals surface area contributed by atoms with Crippen LogP contribution in [0.1, 0.15) is 14.0 Å². The minimum absolute atomic E-state index is 0. The molecule has 0 aromatic heterocycles. The maximum Gasteiger partial charge on any atom is 1.00 e. The van der Waals surface area contributed by atoms with Gasteiger partial charge in [-0.15, -0.1) is 0 Å². The van der Waals surface area contributed by atoms with Gasteiger partial charge in [0.25, 0.3) is 40.5 Å². The van der Waals surface area contributed by atoms with Crippen LogP contribution >= 0.6 is 0 Å². The zero-order valence-electron chi connectivity index (χ0n) is 22.2. The molecule has 0 amide bonds. The number of fused-ring (bicyclic) bond motifs is 2. The van der Waals surface area contributed by atoms with Crippen LogP contribution in [-0.2, 0) is 46.9 Å². The predicted octanol–water partition coefficient (Wildman–Crippen LogP) is -3.20. The normalized spacial score (nSPS) is 12.6. The number of hydrogen-bond donors (Lipinski definition) is 4. The van der Waals surface area contributed by atoms with Gasteiger partial charge in [-0.1, -0.05) is 48.5 Å². The molecular weight excluding hydrogens is 618 g/mol. The smallest absolute Gasteiger partial charge is 1.00 e. The van der Waals surface area contributed by atoms with Gasteiger partial charge in [0, 0.05) is 17.2 Å². The minimum atomic E-state index is -5.41. The fourth-order valence-corrected chi connectivity index (χ4v) is 8.78. The van der Waals surface area contributed by atoms with Crippen molar-refractivity contribution >= 4 is 62.0 Å². The van der Waals surface area contributed by atoms with E-state index in [2.05, 4.69) is 0 Å². The molecule has 0 spiro atoms. The van der Waals surface area contributed by atoms with Gasteiger partial charge < -0.3 is 2.85 Å². The molecule has 0 aliphatic rings. The molecule has 0 atom stereocenters. The van der Waals surface area contributed by atoms with Crippen molar-refractivity contribution in [1.82, 2.24) is 0 Å². The molecular formula is C21H18Na2O12S4. The Morgan fingerprint density at radius 1 is 0.487 bits per heavy atom. The molecule has 0 saturated heterocycles. The Balaban J connectivity index is 0.00000400. The molecule has 0 aliphatic carbocycles. The summed E-state index contributed by atoms with van der Waals surface area (Å²) >= 11 is 0. The summed E-state index contributed by atoms with van der Waals surface area (Å²) in [4.78, 5) is -4.94. The van der Waals surface area contributed by atoms with Crippen LogP contribution in [0.15, 0.2) is 80.2 Å². The van der Waals surface area contributed by atoms with Crippen molar-refractivity contribution in [2.45, 2.75) is 26.0 Å². The fraction of sp³-hybridized carbons (Fsp3) is 0.0476. The van der Waals surface area contributed by atoms with Crippen LogP contribution in [0.5, 0.6) is 0 Å². The van der Waals surface area contributed by atoms with Gasteiger partial charge in [-0.2, -0.15) is 33.7 Å². The van der Waals surface area contributed by atoms with E-state index in [-0.39, 0.29) is 83.5 Å². The van der Waals surface area contributed by atoms with Gasteiger partial charge in [-0.3, -0.25) is 18.2 Å². The Hall–Kier alpha value is -0.960. The van der Waals surface area contributed by atoms with Gasteiger partial charge in [0.15, 0.2) is 0 Å². The molecule has 0 bridgehead atoms. The Morgan fingerprint density at radius 2 is 0.769 bits per heavy atom. The molecule has 12 nitrogen and oxygen atoms in total. The summed E-state index contributed by atoms with van der Waals surface area (Å²) < 4.78 is 138. The molecule has 0 radical (unpaired) electrons. The second kappa shape index (κ2) is 11.7. The Morgan fingerprint density at radius 3 is 1.05 bits per heavy atom. The summed E-state index contributed by atoms with van der Waals surface area (Å²) in [5.41, 5.74) is -1.12. The second-order valence-electron chi connectivity index (χ2n) is 7.91. The van der Waals surface area contributed by atoms with Crippen molar-refractivity contribution in [3.63, 3.8) is 0 Å². The molecule has 39 heavy (non-hydrogen) atoms. The SMILES string of the molecule is O=S(=O)(O)c1c(Cc2cc3ccccc3c(S(=O)(=O)O)c2S(=O)(=O)O)cc2ccccc2c1S(=O)(=O)O.[H-].[H-].[Na+].[Na+]. The molecule has 0 unspecified atom stereocenters. The van der Waals surface area contributed by atoms with Gasteiger partial charge in [0.1, 0.15) is 19.6 Å². The van der Waals surface area contributed by atoms with E-state index < -0.39 is 77.6 Å². The molecule has 0 saturated carbocycles. The van der Waals surface area contributed by atoms with E-state index in [1.807, 2.05) is 0 Å². The first kappa shape index (κ1) is 34.2. The van der Waals surface area contributed by atoms with Crippen LogP contribution in [0.4, 0.5) is 0 Å². The predicted molar refractivity (Wildman–Crippen MR) is 132 cm³/mol. The first-order valence-electron chi connectivity index (χ1n) is 9.90. The van der Waals surface area contributed by atoms with Crippen molar-refractivity contribution < 1.29 is 114 Å². The first-order chi connectivity index (χ1) is 16.9. The van der Waals surface area contributed by atoms with Crippen LogP contribution < -0.4 is 59.1 Å².